The Kier molecular flexibility index (Phi) is 3.86. The molecule has 0 bridgehead atoms. The number of benzene rings is 1. The normalized spacial score (nSPS) is 12.6. The number of aromatic nitrogens is 1. The first kappa shape index (κ1) is 14.6. The van der Waals surface area contributed by atoms with Crippen LogP contribution in [0.15, 0.2) is 23.1 Å². The van der Waals surface area contributed by atoms with E-state index >= 15 is 0 Å². The zero-order valence-electron chi connectivity index (χ0n) is 11.6. The molecule has 0 fully saturated rings. The maximum atomic E-state index is 12.3. The molecule has 0 saturated heterocycles. The summed E-state index contributed by atoms with van der Waals surface area (Å²) in [5.74, 6) is -1.23. The Balaban J connectivity index is 3.05. The minimum absolute atomic E-state index is 0.0772. The standard InChI is InChI=1S/C15H16ClNO3/c1-4-9(3)17-7-10(15(19)20)14(18)12-11(16)6-5-8(2)13(12)17/h5-7,9H,4H2,1-3H3,(H,19,20). The van der Waals surface area contributed by atoms with Gasteiger partial charge in [0.05, 0.1) is 15.9 Å². The second-order valence-corrected chi connectivity index (χ2v) is 5.34. The van der Waals surface area contributed by atoms with Crippen LogP contribution in [0.5, 0.6) is 0 Å². The van der Waals surface area contributed by atoms with E-state index in [1.54, 1.807) is 6.07 Å². The SMILES string of the molecule is CCC(C)n1cc(C(=O)O)c(=O)c2c(Cl)ccc(C)c21. The number of fused-ring (bicyclic) bond motifs is 1. The molecule has 1 atom stereocenters. The number of pyridine rings is 1. The van der Waals surface area contributed by atoms with Crippen molar-refractivity contribution in [3.8, 4) is 0 Å². The number of hydrogen-bond acceptors (Lipinski definition) is 2. The lowest BCUT2D eigenvalue weighted by Gasteiger charge is -2.20. The molecule has 4 nitrogen and oxygen atoms in total. The minimum Gasteiger partial charge on any atom is -0.477 e. The second-order valence-electron chi connectivity index (χ2n) is 4.93. The molecule has 0 aliphatic heterocycles. The van der Waals surface area contributed by atoms with Crippen LogP contribution in [0.1, 0.15) is 42.2 Å². The van der Waals surface area contributed by atoms with Crippen LogP contribution in [0, 0.1) is 6.92 Å². The van der Waals surface area contributed by atoms with Crippen molar-refractivity contribution in [1.82, 2.24) is 4.57 Å². The van der Waals surface area contributed by atoms with Gasteiger partial charge in [-0.25, -0.2) is 4.79 Å². The zero-order valence-corrected chi connectivity index (χ0v) is 12.4. The molecule has 0 radical (unpaired) electrons. The number of aryl methyl sites for hydroxylation is 1. The highest BCUT2D eigenvalue weighted by Gasteiger charge is 2.19. The monoisotopic (exact) mass is 293 g/mol. The molecule has 1 unspecified atom stereocenters. The quantitative estimate of drug-likeness (QED) is 0.940. The van der Waals surface area contributed by atoms with E-state index in [0.717, 1.165) is 12.0 Å². The summed E-state index contributed by atoms with van der Waals surface area (Å²) < 4.78 is 1.83. The third kappa shape index (κ3) is 2.20. The maximum Gasteiger partial charge on any atom is 0.341 e. The van der Waals surface area contributed by atoms with Crippen LogP contribution in [-0.2, 0) is 0 Å². The van der Waals surface area contributed by atoms with E-state index in [9.17, 15) is 14.7 Å². The van der Waals surface area contributed by atoms with Crippen molar-refractivity contribution < 1.29 is 9.90 Å². The fraction of sp³-hybridized carbons (Fsp3) is 0.333. The molecule has 20 heavy (non-hydrogen) atoms. The second kappa shape index (κ2) is 5.29. The maximum absolute atomic E-state index is 12.3. The molecule has 1 heterocycles. The highest BCUT2D eigenvalue weighted by atomic mass is 35.5. The van der Waals surface area contributed by atoms with E-state index in [0.29, 0.717) is 5.52 Å². The van der Waals surface area contributed by atoms with Crippen molar-refractivity contribution in [2.24, 2.45) is 0 Å². The lowest BCUT2D eigenvalue weighted by molar-refractivity contribution is 0.0694. The lowest BCUT2D eigenvalue weighted by Crippen LogP contribution is -2.21. The molecule has 1 aromatic carbocycles. The first-order valence-corrected chi connectivity index (χ1v) is 6.83. The van der Waals surface area contributed by atoms with Crippen molar-refractivity contribution in [3.05, 3.63) is 44.7 Å². The van der Waals surface area contributed by atoms with Crippen LogP contribution >= 0.6 is 11.6 Å². The van der Waals surface area contributed by atoms with Crippen LogP contribution in [0.25, 0.3) is 10.9 Å². The molecule has 106 valence electrons. The number of rotatable bonds is 3. The summed E-state index contributed by atoms with van der Waals surface area (Å²) in [7, 11) is 0. The Hall–Kier alpha value is -1.81. The van der Waals surface area contributed by atoms with Gasteiger partial charge in [0.1, 0.15) is 5.56 Å². The van der Waals surface area contributed by atoms with Crippen LogP contribution in [-0.4, -0.2) is 15.6 Å². The number of nitrogens with zero attached hydrogens (tertiary/aromatic N) is 1. The average molecular weight is 294 g/mol. The van der Waals surface area contributed by atoms with Gasteiger partial charge in [0.25, 0.3) is 0 Å². The van der Waals surface area contributed by atoms with Gasteiger partial charge in [-0.1, -0.05) is 24.6 Å². The van der Waals surface area contributed by atoms with Crippen LogP contribution in [0.2, 0.25) is 5.02 Å². The van der Waals surface area contributed by atoms with Crippen molar-refractivity contribution in [2.45, 2.75) is 33.2 Å². The lowest BCUT2D eigenvalue weighted by atomic mass is 10.1. The Morgan fingerprint density at radius 1 is 1.45 bits per heavy atom. The topological polar surface area (TPSA) is 59.3 Å². The Morgan fingerprint density at radius 2 is 2.10 bits per heavy atom. The molecule has 0 aliphatic rings. The van der Waals surface area contributed by atoms with Crippen molar-refractivity contribution in [2.75, 3.05) is 0 Å². The summed E-state index contributed by atoms with van der Waals surface area (Å²) in [6, 6.07) is 3.55. The highest BCUT2D eigenvalue weighted by Crippen LogP contribution is 2.27. The molecule has 2 aromatic rings. The van der Waals surface area contributed by atoms with E-state index in [-0.39, 0.29) is 22.0 Å². The van der Waals surface area contributed by atoms with E-state index in [2.05, 4.69) is 0 Å². The molecule has 0 saturated carbocycles. The summed E-state index contributed by atoms with van der Waals surface area (Å²) in [5.41, 5.74) is 0.839. The number of aromatic carboxylic acids is 1. The van der Waals surface area contributed by atoms with E-state index < -0.39 is 11.4 Å². The van der Waals surface area contributed by atoms with Gasteiger partial charge in [0, 0.05) is 12.2 Å². The molecule has 0 amide bonds. The molecular weight excluding hydrogens is 278 g/mol. The van der Waals surface area contributed by atoms with Gasteiger partial charge in [-0.15, -0.1) is 0 Å². The smallest absolute Gasteiger partial charge is 0.341 e. The number of carboxylic acids is 1. The number of hydrogen-bond donors (Lipinski definition) is 1. The fourth-order valence-electron chi connectivity index (χ4n) is 2.31. The minimum atomic E-state index is -1.23. The Morgan fingerprint density at radius 3 is 2.65 bits per heavy atom. The number of halogens is 1. The first-order valence-electron chi connectivity index (χ1n) is 6.45. The highest BCUT2D eigenvalue weighted by molar-refractivity contribution is 6.35. The van der Waals surface area contributed by atoms with Gasteiger partial charge in [-0.2, -0.15) is 0 Å². The fourth-order valence-corrected chi connectivity index (χ4v) is 2.55. The van der Waals surface area contributed by atoms with E-state index in [4.69, 9.17) is 11.6 Å². The molecule has 1 aromatic heterocycles. The van der Waals surface area contributed by atoms with Gasteiger partial charge in [0.2, 0.25) is 5.43 Å². The summed E-state index contributed by atoms with van der Waals surface area (Å²) in [4.78, 5) is 23.6. The van der Waals surface area contributed by atoms with E-state index in [1.807, 2.05) is 31.4 Å². The van der Waals surface area contributed by atoms with Gasteiger partial charge >= 0.3 is 5.97 Å². The van der Waals surface area contributed by atoms with E-state index in [1.165, 1.54) is 6.20 Å². The molecule has 2 rings (SSSR count). The van der Waals surface area contributed by atoms with Crippen molar-refractivity contribution in [1.29, 1.82) is 0 Å². The summed E-state index contributed by atoms with van der Waals surface area (Å²) >= 11 is 6.12. The number of carboxylic acid groups (broad SMARTS) is 1. The third-order valence-electron chi connectivity index (χ3n) is 3.62. The van der Waals surface area contributed by atoms with Crippen molar-refractivity contribution in [3.63, 3.8) is 0 Å². The molecule has 1 N–H and O–H groups in total. The van der Waals surface area contributed by atoms with Crippen LogP contribution in [0.4, 0.5) is 0 Å². The van der Waals surface area contributed by atoms with Gasteiger partial charge in [0.15, 0.2) is 0 Å². The molecule has 0 aliphatic carbocycles. The molecular formula is C15H16ClNO3. The Bertz CT molecular complexity index is 749. The average Bonchev–Trinajstić information content (AvgIpc) is 2.41. The third-order valence-corrected chi connectivity index (χ3v) is 3.94. The first-order chi connectivity index (χ1) is 9.38. The Labute approximate surface area is 121 Å². The summed E-state index contributed by atoms with van der Waals surface area (Å²) in [5, 5.41) is 9.78. The summed E-state index contributed by atoms with van der Waals surface area (Å²) in [6.45, 7) is 5.88. The largest absolute Gasteiger partial charge is 0.477 e. The van der Waals surface area contributed by atoms with Crippen molar-refractivity contribution >= 4 is 28.5 Å². The van der Waals surface area contributed by atoms with Gasteiger partial charge in [-0.05, 0) is 31.9 Å². The summed E-state index contributed by atoms with van der Waals surface area (Å²) in [6.07, 6.45) is 2.24. The van der Waals surface area contributed by atoms with Crippen LogP contribution < -0.4 is 5.43 Å². The number of carbonyl (C=O) groups is 1. The molecule has 5 heteroatoms. The predicted molar refractivity (Wildman–Crippen MR) is 79.9 cm³/mol. The van der Waals surface area contributed by atoms with Gasteiger partial charge < -0.3 is 9.67 Å². The van der Waals surface area contributed by atoms with Gasteiger partial charge in [-0.3, -0.25) is 4.79 Å². The zero-order chi connectivity index (χ0) is 15.0. The molecule has 0 spiro atoms. The van der Waals surface area contributed by atoms with Crippen LogP contribution in [0.3, 0.4) is 0 Å². The predicted octanol–water partition coefficient (Wildman–Crippen LogP) is 3.63.